The van der Waals surface area contributed by atoms with Gasteiger partial charge in [0.25, 0.3) is 0 Å². The Morgan fingerprint density at radius 2 is 2.36 bits per heavy atom. The van der Waals surface area contributed by atoms with Gasteiger partial charge in [0.2, 0.25) is 0 Å². The number of carbonyl (C=O) groups excluding carboxylic acids is 1. The van der Waals surface area contributed by atoms with E-state index in [1.54, 1.807) is 17.6 Å². The van der Waals surface area contributed by atoms with Crippen LogP contribution in [0.25, 0.3) is 11.4 Å². The van der Waals surface area contributed by atoms with Crippen molar-refractivity contribution in [2.45, 2.75) is 25.9 Å². The van der Waals surface area contributed by atoms with E-state index < -0.39 is 0 Å². The van der Waals surface area contributed by atoms with Crippen molar-refractivity contribution in [1.29, 1.82) is 0 Å². The van der Waals surface area contributed by atoms with Gasteiger partial charge in [-0.1, -0.05) is 17.7 Å². The predicted octanol–water partition coefficient (Wildman–Crippen LogP) is 4.17. The second-order valence-electron chi connectivity index (χ2n) is 6.02. The Hall–Kier alpha value is -2.38. The maximum absolute atomic E-state index is 12.7. The van der Waals surface area contributed by atoms with Crippen molar-refractivity contribution < 1.29 is 4.79 Å². The number of thiazole rings is 1. The molecule has 8 heteroatoms. The van der Waals surface area contributed by atoms with Gasteiger partial charge < -0.3 is 10.2 Å². The van der Waals surface area contributed by atoms with Crippen LogP contribution in [-0.2, 0) is 13.0 Å². The molecule has 0 unspecified atom stereocenters. The number of hydrogen-bond acceptors (Lipinski definition) is 4. The lowest BCUT2D eigenvalue weighted by Gasteiger charge is -2.33. The Morgan fingerprint density at radius 3 is 3.12 bits per heavy atom. The average molecular weight is 374 g/mol. The number of nitrogens with one attached hydrogen (secondary N) is 2. The molecule has 0 spiro atoms. The zero-order valence-electron chi connectivity index (χ0n) is 13.5. The van der Waals surface area contributed by atoms with E-state index in [2.05, 4.69) is 20.5 Å². The SMILES string of the molecule is C[C@H]1Cc2[nH]nc(-c3cscn3)c2CN1C(=O)Nc1cccc(Cl)c1. The molecule has 2 aromatic heterocycles. The molecule has 1 aliphatic heterocycles. The van der Waals surface area contributed by atoms with Crippen LogP contribution in [0.2, 0.25) is 5.02 Å². The topological polar surface area (TPSA) is 73.9 Å². The number of amides is 2. The third-order valence-corrected chi connectivity index (χ3v) is 5.15. The summed E-state index contributed by atoms with van der Waals surface area (Å²) in [5, 5.41) is 13.0. The van der Waals surface area contributed by atoms with E-state index in [0.29, 0.717) is 17.3 Å². The van der Waals surface area contributed by atoms with Crippen molar-refractivity contribution >= 4 is 34.7 Å². The first-order chi connectivity index (χ1) is 12.1. The number of aromatic nitrogens is 3. The van der Waals surface area contributed by atoms with Crippen molar-refractivity contribution in [3.63, 3.8) is 0 Å². The smallest absolute Gasteiger partial charge is 0.317 e. The molecule has 0 bridgehead atoms. The van der Waals surface area contributed by atoms with Gasteiger partial charge in [-0.25, -0.2) is 9.78 Å². The van der Waals surface area contributed by atoms with Crippen molar-refractivity contribution in [2.24, 2.45) is 0 Å². The van der Waals surface area contributed by atoms with Crippen molar-refractivity contribution in [3.05, 3.63) is 51.4 Å². The fourth-order valence-electron chi connectivity index (χ4n) is 3.05. The summed E-state index contributed by atoms with van der Waals surface area (Å²) in [6, 6.07) is 7.06. The van der Waals surface area contributed by atoms with E-state index in [0.717, 1.165) is 29.1 Å². The summed E-state index contributed by atoms with van der Waals surface area (Å²) in [5.41, 5.74) is 6.23. The number of fused-ring (bicyclic) bond motifs is 1. The van der Waals surface area contributed by atoms with Crippen LogP contribution in [0.4, 0.5) is 10.5 Å². The Kier molecular flexibility index (Phi) is 4.19. The van der Waals surface area contributed by atoms with E-state index in [9.17, 15) is 4.79 Å². The lowest BCUT2D eigenvalue weighted by Crippen LogP contribution is -2.44. The van der Waals surface area contributed by atoms with Gasteiger partial charge in [0, 0.05) is 39.8 Å². The molecule has 0 fully saturated rings. The van der Waals surface area contributed by atoms with Gasteiger partial charge in [-0.15, -0.1) is 11.3 Å². The van der Waals surface area contributed by atoms with Gasteiger partial charge in [0.15, 0.2) is 0 Å². The van der Waals surface area contributed by atoms with Gasteiger partial charge in [-0.05, 0) is 25.1 Å². The summed E-state index contributed by atoms with van der Waals surface area (Å²) < 4.78 is 0. The number of benzene rings is 1. The summed E-state index contributed by atoms with van der Waals surface area (Å²) in [6.07, 6.45) is 0.732. The molecular weight excluding hydrogens is 358 g/mol. The third kappa shape index (κ3) is 3.12. The van der Waals surface area contributed by atoms with Crippen LogP contribution in [-0.4, -0.2) is 32.2 Å². The zero-order valence-corrected chi connectivity index (χ0v) is 15.1. The molecule has 0 saturated carbocycles. The number of nitrogens with zero attached hydrogens (tertiary/aromatic N) is 3. The maximum Gasteiger partial charge on any atom is 0.322 e. The molecule has 0 aliphatic carbocycles. The van der Waals surface area contributed by atoms with Crippen molar-refractivity contribution in [1.82, 2.24) is 20.1 Å². The lowest BCUT2D eigenvalue weighted by molar-refractivity contribution is 0.182. The highest BCUT2D eigenvalue weighted by molar-refractivity contribution is 7.07. The number of anilines is 1. The molecule has 2 N–H and O–H groups in total. The van der Waals surface area contributed by atoms with Crippen LogP contribution in [0.15, 0.2) is 35.2 Å². The second kappa shape index (κ2) is 6.50. The van der Waals surface area contributed by atoms with Gasteiger partial charge in [0.1, 0.15) is 11.4 Å². The molecule has 1 aliphatic rings. The summed E-state index contributed by atoms with van der Waals surface area (Å²) in [5.74, 6) is 0. The molecule has 25 heavy (non-hydrogen) atoms. The Bertz CT molecular complexity index is 908. The second-order valence-corrected chi connectivity index (χ2v) is 7.18. The normalized spacial score (nSPS) is 16.6. The molecule has 1 atom stereocenters. The van der Waals surface area contributed by atoms with Crippen LogP contribution in [0, 0.1) is 0 Å². The Morgan fingerprint density at radius 1 is 1.48 bits per heavy atom. The first-order valence-corrected chi connectivity index (χ1v) is 9.22. The molecule has 3 aromatic rings. The maximum atomic E-state index is 12.7. The Labute approximate surface area is 153 Å². The number of urea groups is 1. The number of halogens is 1. The minimum Gasteiger partial charge on any atom is -0.317 e. The standard InChI is InChI=1S/C17H16ClN5OS/c1-10-5-14-13(16(22-21-14)15-8-25-9-19-15)7-23(10)17(24)20-12-4-2-3-11(18)6-12/h2-4,6,8-10H,5,7H2,1H3,(H,20,24)(H,21,22)/t10-/m0/s1. The highest BCUT2D eigenvalue weighted by Crippen LogP contribution is 2.30. The number of hydrogen-bond donors (Lipinski definition) is 2. The minimum atomic E-state index is -0.147. The first-order valence-electron chi connectivity index (χ1n) is 7.89. The first kappa shape index (κ1) is 16.1. The van der Waals surface area contributed by atoms with E-state index >= 15 is 0 Å². The van der Waals surface area contributed by atoms with E-state index in [4.69, 9.17) is 11.6 Å². The van der Waals surface area contributed by atoms with E-state index in [1.807, 2.05) is 29.3 Å². The summed E-state index contributed by atoms with van der Waals surface area (Å²) in [4.78, 5) is 18.9. The molecule has 6 nitrogen and oxygen atoms in total. The molecule has 2 amide bonds. The predicted molar refractivity (Wildman–Crippen MR) is 98.9 cm³/mol. The highest BCUT2D eigenvalue weighted by Gasteiger charge is 2.31. The van der Waals surface area contributed by atoms with Gasteiger partial charge >= 0.3 is 6.03 Å². The third-order valence-electron chi connectivity index (χ3n) is 4.32. The van der Waals surface area contributed by atoms with Gasteiger partial charge in [-0.2, -0.15) is 5.10 Å². The van der Waals surface area contributed by atoms with Crippen LogP contribution in [0.1, 0.15) is 18.2 Å². The van der Waals surface area contributed by atoms with Crippen molar-refractivity contribution in [3.8, 4) is 11.4 Å². The number of carbonyl (C=O) groups is 1. The molecule has 3 heterocycles. The summed E-state index contributed by atoms with van der Waals surface area (Å²) in [7, 11) is 0. The van der Waals surface area contributed by atoms with Gasteiger partial charge in [0.05, 0.1) is 12.1 Å². The van der Waals surface area contributed by atoms with Crippen LogP contribution >= 0.6 is 22.9 Å². The monoisotopic (exact) mass is 373 g/mol. The summed E-state index contributed by atoms with van der Waals surface area (Å²) >= 11 is 7.52. The quantitative estimate of drug-likeness (QED) is 0.708. The molecule has 0 saturated heterocycles. The number of aromatic amines is 1. The summed E-state index contributed by atoms with van der Waals surface area (Å²) in [6.45, 7) is 2.52. The molecular formula is C17H16ClN5OS. The molecule has 0 radical (unpaired) electrons. The number of H-pyrrole nitrogens is 1. The van der Waals surface area contributed by atoms with Gasteiger partial charge in [-0.3, -0.25) is 5.10 Å². The molecule has 4 rings (SSSR count). The van der Waals surface area contributed by atoms with E-state index in [1.165, 1.54) is 11.3 Å². The van der Waals surface area contributed by atoms with Crippen molar-refractivity contribution in [2.75, 3.05) is 5.32 Å². The van der Waals surface area contributed by atoms with Crippen LogP contribution in [0.5, 0.6) is 0 Å². The zero-order chi connectivity index (χ0) is 17.4. The molecule has 128 valence electrons. The lowest BCUT2D eigenvalue weighted by atomic mass is 9.99. The minimum absolute atomic E-state index is 0.0652. The van der Waals surface area contributed by atoms with Crippen LogP contribution in [0.3, 0.4) is 0 Å². The number of rotatable bonds is 2. The largest absolute Gasteiger partial charge is 0.322 e. The average Bonchev–Trinajstić information content (AvgIpc) is 3.22. The molecule has 1 aromatic carbocycles. The van der Waals surface area contributed by atoms with E-state index in [-0.39, 0.29) is 12.1 Å². The van der Waals surface area contributed by atoms with Crippen LogP contribution < -0.4 is 5.32 Å². The highest BCUT2D eigenvalue weighted by atomic mass is 35.5. The fraction of sp³-hybridized carbons (Fsp3) is 0.235. The fourth-order valence-corrected chi connectivity index (χ4v) is 3.77. The Balaban J connectivity index is 1.58.